The van der Waals surface area contributed by atoms with Crippen LogP contribution in [0.3, 0.4) is 0 Å². The first kappa shape index (κ1) is 13.1. The highest BCUT2D eigenvalue weighted by molar-refractivity contribution is 5.90. The Hall–Kier alpha value is -1.33. The molecular weight excluding hydrogens is 230 g/mol. The van der Waals surface area contributed by atoms with Crippen molar-refractivity contribution in [2.45, 2.75) is 32.7 Å². The Labute approximate surface area is 107 Å². The number of amides is 1. The number of furan rings is 1. The van der Waals surface area contributed by atoms with Gasteiger partial charge >= 0.3 is 5.91 Å². The van der Waals surface area contributed by atoms with Gasteiger partial charge in [-0.15, -0.1) is 0 Å². The molecule has 0 atom stereocenters. The van der Waals surface area contributed by atoms with Gasteiger partial charge in [-0.1, -0.05) is 6.92 Å². The van der Waals surface area contributed by atoms with Crippen molar-refractivity contribution in [1.82, 2.24) is 10.3 Å². The van der Waals surface area contributed by atoms with Gasteiger partial charge in [0.05, 0.1) is 6.54 Å². The standard InChI is InChI=1S/C13H21N3O2/c1-2-7-16(8-10-3-4-10)9-11-5-6-12(18-11)13(17)15-14/h5-6,10H,2-4,7-9,14H2,1H3,(H,15,17). The van der Waals surface area contributed by atoms with Gasteiger partial charge in [-0.05, 0) is 43.9 Å². The summed E-state index contributed by atoms with van der Waals surface area (Å²) >= 11 is 0. The van der Waals surface area contributed by atoms with E-state index in [-0.39, 0.29) is 11.7 Å². The molecule has 0 aromatic carbocycles. The first-order chi connectivity index (χ1) is 8.72. The van der Waals surface area contributed by atoms with E-state index in [9.17, 15) is 4.79 Å². The number of carbonyl (C=O) groups excluding carboxylic acids is 1. The van der Waals surface area contributed by atoms with Crippen LogP contribution < -0.4 is 11.3 Å². The van der Waals surface area contributed by atoms with Crippen LogP contribution in [0.2, 0.25) is 0 Å². The van der Waals surface area contributed by atoms with Crippen LogP contribution >= 0.6 is 0 Å². The number of hydrazine groups is 1. The molecular formula is C13H21N3O2. The van der Waals surface area contributed by atoms with E-state index in [0.29, 0.717) is 0 Å². The van der Waals surface area contributed by atoms with Crippen molar-refractivity contribution in [3.05, 3.63) is 23.7 Å². The van der Waals surface area contributed by atoms with Crippen LogP contribution in [-0.2, 0) is 6.54 Å². The van der Waals surface area contributed by atoms with Crippen molar-refractivity contribution >= 4 is 5.91 Å². The van der Waals surface area contributed by atoms with Crippen molar-refractivity contribution in [2.75, 3.05) is 13.1 Å². The van der Waals surface area contributed by atoms with E-state index in [2.05, 4.69) is 17.2 Å². The fraction of sp³-hybridized carbons (Fsp3) is 0.615. The molecule has 0 radical (unpaired) electrons. The Morgan fingerprint density at radius 3 is 2.94 bits per heavy atom. The molecule has 1 heterocycles. The van der Waals surface area contributed by atoms with Gasteiger partial charge in [0.1, 0.15) is 5.76 Å². The number of carbonyl (C=O) groups is 1. The molecule has 1 amide bonds. The topological polar surface area (TPSA) is 71.5 Å². The average molecular weight is 251 g/mol. The highest BCUT2D eigenvalue weighted by atomic mass is 16.4. The van der Waals surface area contributed by atoms with Crippen LogP contribution in [0.1, 0.15) is 42.5 Å². The molecule has 100 valence electrons. The Kier molecular flexibility index (Phi) is 4.38. The number of nitrogen functional groups attached to an aromatic ring is 1. The largest absolute Gasteiger partial charge is 0.455 e. The van der Waals surface area contributed by atoms with Crippen molar-refractivity contribution in [3.63, 3.8) is 0 Å². The number of nitrogens with one attached hydrogen (secondary N) is 1. The monoisotopic (exact) mass is 251 g/mol. The number of hydrogen-bond acceptors (Lipinski definition) is 4. The number of hydrogen-bond donors (Lipinski definition) is 2. The minimum atomic E-state index is -0.384. The third-order valence-corrected chi connectivity index (χ3v) is 3.15. The molecule has 1 fully saturated rings. The smallest absolute Gasteiger partial charge is 0.300 e. The average Bonchev–Trinajstić information content (AvgIpc) is 3.05. The fourth-order valence-corrected chi connectivity index (χ4v) is 2.09. The molecule has 1 aliphatic carbocycles. The molecule has 2 rings (SSSR count). The van der Waals surface area contributed by atoms with Crippen LogP contribution in [0.5, 0.6) is 0 Å². The number of rotatable bonds is 7. The Balaban J connectivity index is 1.92. The van der Waals surface area contributed by atoms with Gasteiger partial charge in [0.15, 0.2) is 5.76 Å². The molecule has 18 heavy (non-hydrogen) atoms. The Morgan fingerprint density at radius 1 is 1.56 bits per heavy atom. The van der Waals surface area contributed by atoms with E-state index in [1.165, 1.54) is 12.8 Å². The van der Waals surface area contributed by atoms with E-state index in [1.807, 2.05) is 6.07 Å². The van der Waals surface area contributed by atoms with Crippen molar-refractivity contribution in [1.29, 1.82) is 0 Å². The molecule has 0 unspecified atom stereocenters. The summed E-state index contributed by atoms with van der Waals surface area (Å²) in [5.41, 5.74) is 2.07. The lowest BCUT2D eigenvalue weighted by atomic mass is 10.3. The number of nitrogens with two attached hydrogens (primary N) is 1. The Bertz CT molecular complexity index is 399. The summed E-state index contributed by atoms with van der Waals surface area (Å²) in [5.74, 6) is 6.64. The quantitative estimate of drug-likeness (QED) is 0.438. The zero-order valence-corrected chi connectivity index (χ0v) is 10.8. The summed E-state index contributed by atoms with van der Waals surface area (Å²) in [6.45, 7) is 5.14. The molecule has 5 nitrogen and oxygen atoms in total. The SMILES string of the molecule is CCCN(Cc1ccc(C(=O)NN)o1)CC1CC1. The molecule has 1 saturated carbocycles. The minimum absolute atomic E-state index is 0.273. The summed E-state index contributed by atoms with van der Waals surface area (Å²) in [6, 6.07) is 3.51. The lowest BCUT2D eigenvalue weighted by Gasteiger charge is -2.19. The Morgan fingerprint density at radius 2 is 2.33 bits per heavy atom. The zero-order chi connectivity index (χ0) is 13.0. The molecule has 0 aliphatic heterocycles. The maximum absolute atomic E-state index is 11.3. The van der Waals surface area contributed by atoms with Crippen LogP contribution in [0.25, 0.3) is 0 Å². The molecule has 1 aromatic heterocycles. The fourth-order valence-electron chi connectivity index (χ4n) is 2.09. The van der Waals surface area contributed by atoms with E-state index in [0.717, 1.165) is 37.7 Å². The highest BCUT2D eigenvalue weighted by Gasteiger charge is 2.24. The summed E-state index contributed by atoms with van der Waals surface area (Å²) in [5, 5.41) is 0. The predicted octanol–water partition coefficient (Wildman–Crippen LogP) is 1.51. The molecule has 0 bridgehead atoms. The zero-order valence-electron chi connectivity index (χ0n) is 10.8. The second-order valence-electron chi connectivity index (χ2n) is 4.92. The van der Waals surface area contributed by atoms with Crippen molar-refractivity contribution in [2.24, 2.45) is 11.8 Å². The summed E-state index contributed by atoms with van der Waals surface area (Å²) in [7, 11) is 0. The van der Waals surface area contributed by atoms with E-state index in [4.69, 9.17) is 10.3 Å². The van der Waals surface area contributed by atoms with Gasteiger partial charge in [0.25, 0.3) is 0 Å². The van der Waals surface area contributed by atoms with E-state index < -0.39 is 0 Å². The first-order valence-corrected chi connectivity index (χ1v) is 6.55. The molecule has 1 aromatic rings. The maximum Gasteiger partial charge on any atom is 0.300 e. The number of nitrogens with zero attached hydrogens (tertiary/aromatic N) is 1. The van der Waals surface area contributed by atoms with Gasteiger partial charge in [-0.25, -0.2) is 5.84 Å². The summed E-state index contributed by atoms with van der Waals surface area (Å²) in [6.07, 6.45) is 3.82. The van der Waals surface area contributed by atoms with Crippen LogP contribution in [-0.4, -0.2) is 23.9 Å². The van der Waals surface area contributed by atoms with E-state index >= 15 is 0 Å². The van der Waals surface area contributed by atoms with Gasteiger partial charge in [0, 0.05) is 6.54 Å². The molecule has 3 N–H and O–H groups in total. The normalized spacial score (nSPS) is 15.1. The third kappa shape index (κ3) is 3.58. The van der Waals surface area contributed by atoms with Gasteiger partial charge < -0.3 is 4.42 Å². The van der Waals surface area contributed by atoms with Gasteiger partial charge in [-0.3, -0.25) is 15.1 Å². The molecule has 1 aliphatic rings. The van der Waals surface area contributed by atoms with Crippen molar-refractivity contribution in [3.8, 4) is 0 Å². The molecule has 5 heteroatoms. The lowest BCUT2D eigenvalue weighted by Crippen LogP contribution is -2.29. The summed E-state index contributed by atoms with van der Waals surface area (Å²) in [4.78, 5) is 13.7. The molecule has 0 saturated heterocycles. The third-order valence-electron chi connectivity index (χ3n) is 3.15. The second kappa shape index (κ2) is 6.02. The first-order valence-electron chi connectivity index (χ1n) is 6.55. The van der Waals surface area contributed by atoms with Crippen molar-refractivity contribution < 1.29 is 9.21 Å². The highest BCUT2D eigenvalue weighted by Crippen LogP contribution is 2.30. The summed E-state index contributed by atoms with van der Waals surface area (Å²) < 4.78 is 5.48. The van der Waals surface area contributed by atoms with Crippen LogP contribution in [0.15, 0.2) is 16.5 Å². The van der Waals surface area contributed by atoms with Crippen LogP contribution in [0, 0.1) is 5.92 Å². The maximum atomic E-state index is 11.3. The lowest BCUT2D eigenvalue weighted by molar-refractivity contribution is 0.0922. The molecule has 0 spiro atoms. The van der Waals surface area contributed by atoms with Crippen LogP contribution in [0.4, 0.5) is 0 Å². The minimum Gasteiger partial charge on any atom is -0.455 e. The predicted molar refractivity (Wildman–Crippen MR) is 68.7 cm³/mol. The van der Waals surface area contributed by atoms with Gasteiger partial charge in [-0.2, -0.15) is 0 Å². The van der Waals surface area contributed by atoms with Gasteiger partial charge in [0.2, 0.25) is 0 Å². The second-order valence-corrected chi connectivity index (χ2v) is 4.92. The van der Waals surface area contributed by atoms with E-state index in [1.54, 1.807) is 6.07 Å².